The summed E-state index contributed by atoms with van der Waals surface area (Å²) in [6.07, 6.45) is 3.18. The van der Waals surface area contributed by atoms with Gasteiger partial charge in [0.2, 0.25) is 0 Å². The molecule has 0 fully saturated rings. The van der Waals surface area contributed by atoms with E-state index < -0.39 is 0 Å². The molecule has 0 aliphatic carbocycles. The Morgan fingerprint density at radius 1 is 1.18 bits per heavy atom. The highest BCUT2D eigenvalue weighted by Crippen LogP contribution is 2.18. The normalized spacial score (nSPS) is 15.5. The molecule has 0 radical (unpaired) electrons. The number of aliphatic hydroxyl groups is 1. The Kier molecular flexibility index (Phi) is 8.83. The molecule has 0 rings (SSSR count). The number of rotatable bonds is 10. The molecule has 2 N–H and O–H groups in total. The summed E-state index contributed by atoms with van der Waals surface area (Å²) in [6.45, 7) is 14.5. The highest BCUT2D eigenvalue weighted by atomic mass is 16.3. The first-order valence-electron chi connectivity index (χ1n) is 7.14. The Bertz CT molecular complexity index is 175. The molecule has 3 heteroatoms. The average molecular weight is 244 g/mol. The van der Waals surface area contributed by atoms with E-state index in [1.807, 2.05) is 0 Å². The Morgan fingerprint density at radius 2 is 1.76 bits per heavy atom. The van der Waals surface area contributed by atoms with E-state index in [4.69, 9.17) is 0 Å². The third-order valence-electron chi connectivity index (χ3n) is 3.60. The van der Waals surface area contributed by atoms with Crippen LogP contribution in [0.3, 0.4) is 0 Å². The molecular weight excluding hydrogens is 212 g/mol. The van der Waals surface area contributed by atoms with Gasteiger partial charge in [-0.05, 0) is 38.9 Å². The molecule has 1 unspecified atom stereocenters. The zero-order chi connectivity index (χ0) is 13.3. The zero-order valence-electron chi connectivity index (χ0n) is 12.4. The first-order valence-corrected chi connectivity index (χ1v) is 7.14. The van der Waals surface area contributed by atoms with Crippen LogP contribution in [0.25, 0.3) is 0 Å². The third-order valence-corrected chi connectivity index (χ3v) is 3.60. The second kappa shape index (κ2) is 8.90. The second-order valence-corrected chi connectivity index (χ2v) is 5.22. The maximum absolute atomic E-state index is 9.63. The standard InChI is InChI=1S/C14H32N2O/c1-6-14(12-17,15-13(4)5)10-9-11-16(7-2)8-3/h13,15,17H,6-12H2,1-5H3. The van der Waals surface area contributed by atoms with Gasteiger partial charge >= 0.3 is 0 Å². The highest BCUT2D eigenvalue weighted by molar-refractivity contribution is 4.87. The zero-order valence-corrected chi connectivity index (χ0v) is 12.4. The van der Waals surface area contributed by atoms with Gasteiger partial charge in [0.1, 0.15) is 0 Å². The lowest BCUT2D eigenvalue weighted by Crippen LogP contribution is -2.51. The molecule has 0 saturated heterocycles. The molecule has 1 atom stereocenters. The molecule has 0 bridgehead atoms. The number of hydrogen-bond acceptors (Lipinski definition) is 3. The number of nitrogens with one attached hydrogen (secondary N) is 1. The minimum Gasteiger partial charge on any atom is -0.394 e. The topological polar surface area (TPSA) is 35.5 Å². The maximum Gasteiger partial charge on any atom is 0.0613 e. The Labute approximate surface area is 108 Å². The van der Waals surface area contributed by atoms with Crippen molar-refractivity contribution >= 4 is 0 Å². The van der Waals surface area contributed by atoms with E-state index in [1.165, 1.54) is 0 Å². The predicted molar refractivity (Wildman–Crippen MR) is 75.4 cm³/mol. The van der Waals surface area contributed by atoms with Gasteiger partial charge in [-0.2, -0.15) is 0 Å². The number of hydrogen-bond donors (Lipinski definition) is 2. The van der Waals surface area contributed by atoms with Crippen LogP contribution in [-0.2, 0) is 0 Å². The minimum atomic E-state index is -0.0820. The Balaban J connectivity index is 4.16. The Hall–Kier alpha value is -0.120. The number of aliphatic hydroxyl groups excluding tert-OH is 1. The van der Waals surface area contributed by atoms with E-state index >= 15 is 0 Å². The van der Waals surface area contributed by atoms with E-state index in [0.717, 1.165) is 38.9 Å². The van der Waals surface area contributed by atoms with Gasteiger partial charge in [0.15, 0.2) is 0 Å². The van der Waals surface area contributed by atoms with Crippen molar-refractivity contribution in [3.63, 3.8) is 0 Å². The van der Waals surface area contributed by atoms with Gasteiger partial charge < -0.3 is 15.3 Å². The summed E-state index contributed by atoms with van der Waals surface area (Å²) in [7, 11) is 0. The summed E-state index contributed by atoms with van der Waals surface area (Å²) >= 11 is 0. The molecule has 0 aliphatic rings. The predicted octanol–water partition coefficient (Wildman–Crippen LogP) is 2.25. The van der Waals surface area contributed by atoms with Crippen LogP contribution < -0.4 is 5.32 Å². The van der Waals surface area contributed by atoms with Crippen molar-refractivity contribution in [3.8, 4) is 0 Å². The summed E-state index contributed by atoms with van der Waals surface area (Å²) < 4.78 is 0. The van der Waals surface area contributed by atoms with Gasteiger partial charge in [0, 0.05) is 11.6 Å². The van der Waals surface area contributed by atoms with Crippen molar-refractivity contribution in [2.45, 2.75) is 65.5 Å². The van der Waals surface area contributed by atoms with Crippen LogP contribution in [0.2, 0.25) is 0 Å². The minimum absolute atomic E-state index is 0.0820. The summed E-state index contributed by atoms with van der Waals surface area (Å²) in [5.41, 5.74) is -0.0820. The van der Waals surface area contributed by atoms with Crippen LogP contribution in [0.5, 0.6) is 0 Å². The van der Waals surface area contributed by atoms with Crippen LogP contribution in [0.4, 0.5) is 0 Å². The van der Waals surface area contributed by atoms with Crippen LogP contribution in [-0.4, -0.2) is 47.8 Å². The van der Waals surface area contributed by atoms with Crippen LogP contribution in [0, 0.1) is 0 Å². The van der Waals surface area contributed by atoms with E-state index in [9.17, 15) is 5.11 Å². The molecule has 0 saturated carbocycles. The van der Waals surface area contributed by atoms with Gasteiger partial charge in [-0.3, -0.25) is 0 Å². The van der Waals surface area contributed by atoms with E-state index in [0.29, 0.717) is 6.04 Å². The summed E-state index contributed by atoms with van der Waals surface area (Å²) in [5, 5.41) is 13.2. The van der Waals surface area contributed by atoms with Gasteiger partial charge in [0.25, 0.3) is 0 Å². The molecule has 0 aromatic heterocycles. The van der Waals surface area contributed by atoms with Gasteiger partial charge in [-0.25, -0.2) is 0 Å². The van der Waals surface area contributed by atoms with Crippen LogP contribution in [0.1, 0.15) is 53.9 Å². The van der Waals surface area contributed by atoms with Crippen molar-refractivity contribution in [2.75, 3.05) is 26.2 Å². The first kappa shape index (κ1) is 16.9. The molecule has 0 amide bonds. The van der Waals surface area contributed by atoms with Gasteiger partial charge in [-0.1, -0.05) is 34.6 Å². The van der Waals surface area contributed by atoms with Crippen molar-refractivity contribution < 1.29 is 5.11 Å². The average Bonchev–Trinajstić information content (AvgIpc) is 2.32. The van der Waals surface area contributed by atoms with Crippen LogP contribution >= 0.6 is 0 Å². The van der Waals surface area contributed by atoms with Gasteiger partial charge in [0.05, 0.1) is 6.61 Å². The van der Waals surface area contributed by atoms with Crippen molar-refractivity contribution in [1.29, 1.82) is 0 Å². The highest BCUT2D eigenvalue weighted by Gasteiger charge is 2.27. The molecule has 3 nitrogen and oxygen atoms in total. The van der Waals surface area contributed by atoms with Gasteiger partial charge in [-0.15, -0.1) is 0 Å². The van der Waals surface area contributed by atoms with Crippen LogP contribution in [0.15, 0.2) is 0 Å². The third kappa shape index (κ3) is 6.39. The van der Waals surface area contributed by atoms with E-state index in [2.05, 4.69) is 44.8 Å². The summed E-state index contributed by atoms with van der Waals surface area (Å²) in [6, 6.07) is 0.426. The lowest BCUT2D eigenvalue weighted by molar-refractivity contribution is 0.130. The SMILES string of the molecule is CCN(CC)CCCC(CC)(CO)NC(C)C. The quantitative estimate of drug-likeness (QED) is 0.619. The van der Waals surface area contributed by atoms with Crippen molar-refractivity contribution in [1.82, 2.24) is 10.2 Å². The van der Waals surface area contributed by atoms with Crippen molar-refractivity contribution in [2.24, 2.45) is 0 Å². The summed E-state index contributed by atoms with van der Waals surface area (Å²) in [5.74, 6) is 0. The van der Waals surface area contributed by atoms with E-state index in [-0.39, 0.29) is 12.1 Å². The molecular formula is C14H32N2O. The molecule has 0 aromatic rings. The monoisotopic (exact) mass is 244 g/mol. The molecule has 0 aliphatic heterocycles. The largest absolute Gasteiger partial charge is 0.394 e. The lowest BCUT2D eigenvalue weighted by atomic mass is 9.90. The fourth-order valence-corrected chi connectivity index (χ4v) is 2.38. The second-order valence-electron chi connectivity index (χ2n) is 5.22. The molecule has 0 spiro atoms. The smallest absolute Gasteiger partial charge is 0.0613 e. The maximum atomic E-state index is 9.63. The molecule has 17 heavy (non-hydrogen) atoms. The fraction of sp³-hybridized carbons (Fsp3) is 1.00. The summed E-state index contributed by atoms with van der Waals surface area (Å²) in [4.78, 5) is 2.44. The lowest BCUT2D eigenvalue weighted by Gasteiger charge is -2.35. The number of nitrogens with zero attached hydrogens (tertiary/aromatic N) is 1. The molecule has 104 valence electrons. The van der Waals surface area contributed by atoms with E-state index in [1.54, 1.807) is 0 Å². The molecule has 0 heterocycles. The first-order chi connectivity index (χ1) is 8.03. The molecule has 0 aromatic carbocycles. The van der Waals surface area contributed by atoms with Crippen molar-refractivity contribution in [3.05, 3.63) is 0 Å². The Morgan fingerprint density at radius 3 is 2.12 bits per heavy atom. The fourth-order valence-electron chi connectivity index (χ4n) is 2.38.